The van der Waals surface area contributed by atoms with Crippen LogP contribution in [0.15, 0.2) is 10.5 Å². The Morgan fingerprint density at radius 1 is 0.629 bits per heavy atom. The predicted octanol–water partition coefficient (Wildman–Crippen LogP) is 10.0. The van der Waals surface area contributed by atoms with Gasteiger partial charge in [0.2, 0.25) is 0 Å². The van der Waals surface area contributed by atoms with Crippen LogP contribution in [0.4, 0.5) is 0 Å². The van der Waals surface area contributed by atoms with Crippen molar-refractivity contribution in [2.45, 2.75) is 130 Å². The molecule has 198 valence electrons. The second-order valence-electron chi connectivity index (χ2n) is 9.93. The first-order chi connectivity index (χ1) is 17.1. The molecule has 2 rings (SSSR count). The van der Waals surface area contributed by atoms with Crippen LogP contribution in [-0.4, -0.2) is 23.2 Å². The third-order valence-corrected chi connectivity index (χ3v) is 7.47. The van der Waals surface area contributed by atoms with Crippen LogP contribution in [0.5, 0.6) is 11.5 Å². The number of benzene rings is 1. The molecule has 0 aliphatic heterocycles. The van der Waals surface area contributed by atoms with Gasteiger partial charge in [-0.25, -0.2) is 9.97 Å². The second kappa shape index (κ2) is 18.0. The number of aromatic nitrogens is 2. The molecule has 0 spiro atoms. The average Bonchev–Trinajstić information content (AvgIpc) is 2.84. The molecule has 4 nitrogen and oxygen atoms in total. The van der Waals surface area contributed by atoms with Gasteiger partial charge < -0.3 is 9.47 Å². The summed E-state index contributed by atoms with van der Waals surface area (Å²) >= 11 is 3.77. The van der Waals surface area contributed by atoms with E-state index in [9.17, 15) is 0 Å². The van der Waals surface area contributed by atoms with Crippen LogP contribution in [-0.2, 0) is 0 Å². The van der Waals surface area contributed by atoms with Gasteiger partial charge in [-0.3, -0.25) is 0 Å². The molecule has 0 aliphatic rings. The lowest BCUT2D eigenvalue weighted by Crippen LogP contribution is -2.05. The van der Waals surface area contributed by atoms with Gasteiger partial charge in [-0.15, -0.1) is 0 Å². The maximum Gasteiger partial charge on any atom is 0.177 e. The van der Waals surface area contributed by atoms with E-state index in [4.69, 9.17) is 19.4 Å². The van der Waals surface area contributed by atoms with Crippen LogP contribution in [0, 0.1) is 13.8 Å². The Kier molecular flexibility index (Phi) is 15.3. The van der Waals surface area contributed by atoms with Crippen molar-refractivity contribution in [3.63, 3.8) is 0 Å². The second-order valence-corrected chi connectivity index (χ2v) is 10.7. The van der Waals surface area contributed by atoms with Crippen LogP contribution in [0.1, 0.15) is 128 Å². The number of aryl methyl sites for hydroxylation is 2. The summed E-state index contributed by atoms with van der Waals surface area (Å²) in [4.78, 5) is 9.53. The zero-order chi connectivity index (χ0) is 25.3. The molecule has 0 saturated heterocycles. The lowest BCUT2D eigenvalue weighted by Gasteiger charge is -2.16. The lowest BCUT2D eigenvalue weighted by molar-refractivity contribution is 0.257. The zero-order valence-electron chi connectivity index (χ0n) is 22.9. The number of ether oxygens (including phenoxy) is 2. The lowest BCUT2D eigenvalue weighted by atomic mass is 10.1. The standard InChI is InChI=1S/C30H49BrN2O2/c1-5-7-9-11-13-15-17-19-21-34-27-23-26-29(33-25(4)24(3)32-26)28(31)30(27)35-22-20-18-16-14-12-10-8-6-2/h23H,5-22H2,1-4H3. The molecule has 0 radical (unpaired) electrons. The molecule has 1 aromatic carbocycles. The largest absolute Gasteiger partial charge is 0.490 e. The molecular weight excluding hydrogens is 500 g/mol. The summed E-state index contributed by atoms with van der Waals surface area (Å²) in [6, 6.07) is 2.01. The van der Waals surface area contributed by atoms with Crippen molar-refractivity contribution in [3.8, 4) is 11.5 Å². The molecule has 0 atom stereocenters. The molecule has 5 heteroatoms. The minimum atomic E-state index is 0.700. The molecule has 2 aromatic rings. The Labute approximate surface area is 223 Å². The Hall–Kier alpha value is -1.36. The van der Waals surface area contributed by atoms with Gasteiger partial charge in [0, 0.05) is 6.07 Å². The Morgan fingerprint density at radius 3 is 1.63 bits per heavy atom. The van der Waals surface area contributed by atoms with E-state index in [1.54, 1.807) is 0 Å². The van der Waals surface area contributed by atoms with Crippen LogP contribution in [0.2, 0.25) is 0 Å². The topological polar surface area (TPSA) is 44.2 Å². The highest BCUT2D eigenvalue weighted by atomic mass is 79.9. The van der Waals surface area contributed by atoms with Crippen molar-refractivity contribution in [1.82, 2.24) is 9.97 Å². The first-order valence-electron chi connectivity index (χ1n) is 14.3. The third-order valence-electron chi connectivity index (χ3n) is 6.73. The molecule has 1 aromatic heterocycles. The number of halogens is 1. The Morgan fingerprint density at radius 2 is 1.09 bits per heavy atom. The van der Waals surface area contributed by atoms with E-state index in [0.717, 1.165) is 51.2 Å². The van der Waals surface area contributed by atoms with E-state index in [0.29, 0.717) is 13.2 Å². The fraction of sp³-hybridized carbons (Fsp3) is 0.733. The molecule has 0 amide bonds. The smallest absolute Gasteiger partial charge is 0.177 e. The van der Waals surface area contributed by atoms with Crippen molar-refractivity contribution in [2.24, 2.45) is 0 Å². The van der Waals surface area contributed by atoms with Crippen LogP contribution < -0.4 is 9.47 Å². The van der Waals surface area contributed by atoms with Crippen LogP contribution in [0.3, 0.4) is 0 Å². The minimum absolute atomic E-state index is 0.700. The predicted molar refractivity (Wildman–Crippen MR) is 153 cm³/mol. The molecule has 0 fully saturated rings. The number of nitrogens with zero attached hydrogens (tertiary/aromatic N) is 2. The highest BCUT2D eigenvalue weighted by Crippen LogP contribution is 2.41. The summed E-state index contributed by atoms with van der Waals surface area (Å²) in [5.74, 6) is 1.56. The number of hydrogen-bond donors (Lipinski definition) is 0. The molecule has 0 bridgehead atoms. The van der Waals surface area contributed by atoms with Crippen molar-refractivity contribution in [1.29, 1.82) is 0 Å². The summed E-state index contributed by atoms with van der Waals surface area (Å²) in [6.07, 6.45) is 20.6. The third kappa shape index (κ3) is 11.1. The van der Waals surface area contributed by atoms with Crippen LogP contribution >= 0.6 is 15.9 Å². The first kappa shape index (κ1) is 29.9. The van der Waals surface area contributed by atoms with E-state index in [2.05, 4.69) is 29.8 Å². The zero-order valence-corrected chi connectivity index (χ0v) is 24.5. The highest BCUT2D eigenvalue weighted by molar-refractivity contribution is 9.10. The average molecular weight is 550 g/mol. The van der Waals surface area contributed by atoms with Gasteiger partial charge in [-0.1, -0.05) is 104 Å². The maximum atomic E-state index is 6.28. The van der Waals surface area contributed by atoms with E-state index in [-0.39, 0.29) is 0 Å². The number of rotatable bonds is 20. The molecular formula is C30H49BrN2O2. The number of fused-ring (bicyclic) bond motifs is 1. The van der Waals surface area contributed by atoms with Crippen molar-refractivity contribution in [2.75, 3.05) is 13.2 Å². The van der Waals surface area contributed by atoms with Crippen LogP contribution in [0.25, 0.3) is 11.0 Å². The fourth-order valence-electron chi connectivity index (χ4n) is 4.36. The Bertz CT molecular complexity index is 856. The quantitative estimate of drug-likeness (QED) is 0.154. The fourth-order valence-corrected chi connectivity index (χ4v) is 4.96. The van der Waals surface area contributed by atoms with Gasteiger partial charge in [-0.05, 0) is 42.6 Å². The molecule has 35 heavy (non-hydrogen) atoms. The van der Waals surface area contributed by atoms with Gasteiger partial charge in [0.25, 0.3) is 0 Å². The molecule has 0 aliphatic carbocycles. The molecule has 0 N–H and O–H groups in total. The normalized spacial score (nSPS) is 11.3. The number of hydrogen-bond acceptors (Lipinski definition) is 4. The summed E-state index contributed by atoms with van der Waals surface area (Å²) < 4.78 is 13.4. The Balaban J connectivity index is 1.91. The number of unbranched alkanes of at least 4 members (excludes halogenated alkanes) is 14. The van der Waals surface area contributed by atoms with E-state index < -0.39 is 0 Å². The van der Waals surface area contributed by atoms with Gasteiger partial charge in [0.1, 0.15) is 5.52 Å². The first-order valence-corrected chi connectivity index (χ1v) is 15.1. The summed E-state index contributed by atoms with van der Waals surface area (Å²) in [5.41, 5.74) is 3.59. The van der Waals surface area contributed by atoms with Crippen molar-refractivity contribution >= 4 is 27.0 Å². The highest BCUT2D eigenvalue weighted by Gasteiger charge is 2.17. The van der Waals surface area contributed by atoms with Gasteiger partial charge in [0.15, 0.2) is 11.5 Å². The minimum Gasteiger partial charge on any atom is -0.490 e. The molecule has 1 heterocycles. The van der Waals surface area contributed by atoms with E-state index >= 15 is 0 Å². The van der Waals surface area contributed by atoms with Gasteiger partial charge >= 0.3 is 0 Å². The van der Waals surface area contributed by atoms with E-state index in [1.165, 1.54) is 89.9 Å². The SMILES string of the molecule is CCCCCCCCCCOc1cc2nc(C)c(C)nc2c(Br)c1OCCCCCCCCCC. The monoisotopic (exact) mass is 548 g/mol. The van der Waals surface area contributed by atoms with Crippen molar-refractivity contribution < 1.29 is 9.47 Å². The van der Waals surface area contributed by atoms with Gasteiger partial charge in [0.05, 0.1) is 34.6 Å². The maximum absolute atomic E-state index is 6.28. The van der Waals surface area contributed by atoms with Crippen molar-refractivity contribution in [3.05, 3.63) is 21.9 Å². The molecule has 0 saturated carbocycles. The summed E-state index contributed by atoms with van der Waals surface area (Å²) in [6.45, 7) is 9.95. The van der Waals surface area contributed by atoms with E-state index in [1.807, 2.05) is 19.9 Å². The van der Waals surface area contributed by atoms with Gasteiger partial charge in [-0.2, -0.15) is 0 Å². The summed E-state index contributed by atoms with van der Waals surface area (Å²) in [7, 11) is 0. The molecule has 0 unspecified atom stereocenters. The summed E-state index contributed by atoms with van der Waals surface area (Å²) in [5, 5.41) is 0.